The van der Waals surface area contributed by atoms with Crippen LogP contribution in [0.15, 0.2) is 23.2 Å². The SMILES string of the molecule is CC(Cl)c1noc(-c2cncnc2)n1. The van der Waals surface area contributed by atoms with E-state index in [1.165, 1.54) is 6.33 Å². The smallest absolute Gasteiger partial charge is 0.261 e. The highest BCUT2D eigenvalue weighted by Crippen LogP contribution is 2.20. The van der Waals surface area contributed by atoms with Crippen molar-refractivity contribution < 1.29 is 4.52 Å². The zero-order chi connectivity index (χ0) is 9.97. The van der Waals surface area contributed by atoms with Crippen LogP contribution in [0.1, 0.15) is 18.1 Å². The van der Waals surface area contributed by atoms with Crippen molar-refractivity contribution in [3.63, 3.8) is 0 Å². The van der Waals surface area contributed by atoms with Gasteiger partial charge in [-0.05, 0) is 6.92 Å². The molecule has 1 unspecified atom stereocenters. The summed E-state index contributed by atoms with van der Waals surface area (Å²) in [7, 11) is 0. The van der Waals surface area contributed by atoms with Crippen LogP contribution in [0.4, 0.5) is 0 Å². The van der Waals surface area contributed by atoms with Crippen molar-refractivity contribution in [2.75, 3.05) is 0 Å². The fraction of sp³-hybridized carbons (Fsp3) is 0.250. The van der Waals surface area contributed by atoms with Gasteiger partial charge in [0.15, 0.2) is 5.82 Å². The molecule has 2 aromatic rings. The molecular formula is C8H7ClN4O. The maximum absolute atomic E-state index is 5.79. The van der Waals surface area contributed by atoms with E-state index in [1.807, 2.05) is 0 Å². The lowest BCUT2D eigenvalue weighted by molar-refractivity contribution is 0.422. The Hall–Kier alpha value is -1.49. The molecule has 2 heterocycles. The quantitative estimate of drug-likeness (QED) is 0.708. The Bertz CT molecular complexity index is 414. The molecule has 1 atom stereocenters. The highest BCUT2D eigenvalue weighted by Gasteiger charge is 2.12. The highest BCUT2D eigenvalue weighted by atomic mass is 35.5. The fourth-order valence-electron chi connectivity index (χ4n) is 0.923. The van der Waals surface area contributed by atoms with Gasteiger partial charge >= 0.3 is 0 Å². The molecule has 0 aliphatic carbocycles. The van der Waals surface area contributed by atoms with Gasteiger partial charge in [-0.15, -0.1) is 11.6 Å². The van der Waals surface area contributed by atoms with Gasteiger partial charge in [0.1, 0.15) is 6.33 Å². The molecule has 2 aromatic heterocycles. The van der Waals surface area contributed by atoms with Gasteiger partial charge in [0.2, 0.25) is 0 Å². The Balaban J connectivity index is 2.34. The average Bonchev–Trinajstić information content (AvgIpc) is 2.68. The molecular weight excluding hydrogens is 204 g/mol. The van der Waals surface area contributed by atoms with Crippen LogP contribution in [0, 0.1) is 0 Å². The summed E-state index contributed by atoms with van der Waals surface area (Å²) in [5.74, 6) is 0.846. The lowest BCUT2D eigenvalue weighted by Gasteiger charge is -1.90. The summed E-state index contributed by atoms with van der Waals surface area (Å²) in [5, 5.41) is 3.45. The standard InChI is InChI=1S/C8H7ClN4O/c1-5(9)7-12-8(14-13-7)6-2-10-4-11-3-6/h2-5H,1H3. The van der Waals surface area contributed by atoms with Crippen molar-refractivity contribution in [1.82, 2.24) is 20.1 Å². The maximum atomic E-state index is 5.79. The first-order valence-corrected chi connectivity index (χ1v) is 4.44. The number of rotatable bonds is 2. The van der Waals surface area contributed by atoms with Crippen LogP contribution < -0.4 is 0 Å². The van der Waals surface area contributed by atoms with Crippen molar-refractivity contribution in [2.45, 2.75) is 12.3 Å². The molecule has 0 aliphatic rings. The number of alkyl halides is 1. The monoisotopic (exact) mass is 210 g/mol. The molecule has 0 amide bonds. The van der Waals surface area contributed by atoms with E-state index in [0.717, 1.165) is 0 Å². The van der Waals surface area contributed by atoms with Crippen molar-refractivity contribution in [3.05, 3.63) is 24.5 Å². The van der Waals surface area contributed by atoms with Gasteiger partial charge in [-0.25, -0.2) is 9.97 Å². The molecule has 14 heavy (non-hydrogen) atoms. The number of halogens is 1. The van der Waals surface area contributed by atoms with Gasteiger partial charge in [0.25, 0.3) is 5.89 Å². The van der Waals surface area contributed by atoms with E-state index in [9.17, 15) is 0 Å². The predicted octanol–water partition coefficient (Wildman–Crippen LogP) is 1.83. The Kier molecular flexibility index (Phi) is 2.41. The highest BCUT2D eigenvalue weighted by molar-refractivity contribution is 6.20. The second kappa shape index (κ2) is 3.71. The van der Waals surface area contributed by atoms with Gasteiger partial charge < -0.3 is 4.52 Å². The van der Waals surface area contributed by atoms with Gasteiger partial charge in [0.05, 0.1) is 10.9 Å². The number of aromatic nitrogens is 4. The van der Waals surface area contributed by atoms with E-state index in [0.29, 0.717) is 17.3 Å². The Morgan fingerprint density at radius 1 is 1.36 bits per heavy atom. The number of hydrogen-bond acceptors (Lipinski definition) is 5. The van der Waals surface area contributed by atoms with Crippen LogP contribution in [-0.4, -0.2) is 20.1 Å². The van der Waals surface area contributed by atoms with E-state index in [4.69, 9.17) is 16.1 Å². The molecule has 0 fully saturated rings. The Labute approximate surface area is 85.1 Å². The molecule has 5 nitrogen and oxygen atoms in total. The van der Waals surface area contributed by atoms with E-state index >= 15 is 0 Å². The van der Waals surface area contributed by atoms with Crippen LogP contribution in [0.25, 0.3) is 11.5 Å². The molecule has 0 bridgehead atoms. The lowest BCUT2D eigenvalue weighted by Crippen LogP contribution is -1.87. The van der Waals surface area contributed by atoms with Gasteiger partial charge in [-0.2, -0.15) is 4.98 Å². The second-order valence-electron chi connectivity index (χ2n) is 2.70. The zero-order valence-corrected chi connectivity index (χ0v) is 8.14. The van der Waals surface area contributed by atoms with E-state index in [1.54, 1.807) is 19.3 Å². The van der Waals surface area contributed by atoms with Gasteiger partial charge in [-0.1, -0.05) is 5.16 Å². The molecule has 0 saturated heterocycles. The third-order valence-electron chi connectivity index (χ3n) is 1.61. The first-order chi connectivity index (χ1) is 6.77. The molecule has 6 heteroatoms. The molecule has 0 saturated carbocycles. The van der Waals surface area contributed by atoms with Gasteiger partial charge in [-0.3, -0.25) is 0 Å². The minimum absolute atomic E-state index is 0.267. The van der Waals surface area contributed by atoms with Crippen LogP contribution in [0.5, 0.6) is 0 Å². The first kappa shape index (κ1) is 9.08. The van der Waals surface area contributed by atoms with E-state index in [-0.39, 0.29) is 5.38 Å². The summed E-state index contributed by atoms with van der Waals surface area (Å²) in [6.07, 6.45) is 4.64. The second-order valence-corrected chi connectivity index (χ2v) is 3.36. The Morgan fingerprint density at radius 3 is 2.64 bits per heavy atom. The lowest BCUT2D eigenvalue weighted by atomic mass is 10.3. The summed E-state index contributed by atoms with van der Waals surface area (Å²) in [6.45, 7) is 1.78. The number of hydrogen-bond donors (Lipinski definition) is 0. The Morgan fingerprint density at radius 2 is 2.07 bits per heavy atom. The molecule has 0 aromatic carbocycles. The minimum Gasteiger partial charge on any atom is -0.334 e. The van der Waals surface area contributed by atoms with Crippen LogP contribution in [0.2, 0.25) is 0 Å². The van der Waals surface area contributed by atoms with E-state index < -0.39 is 0 Å². The third-order valence-corrected chi connectivity index (χ3v) is 1.80. The molecule has 0 radical (unpaired) electrons. The first-order valence-electron chi connectivity index (χ1n) is 4.00. The zero-order valence-electron chi connectivity index (χ0n) is 7.38. The van der Waals surface area contributed by atoms with Gasteiger partial charge in [0, 0.05) is 12.4 Å². The molecule has 0 aliphatic heterocycles. The minimum atomic E-state index is -0.267. The molecule has 2 rings (SSSR count). The topological polar surface area (TPSA) is 64.7 Å². The van der Waals surface area contributed by atoms with Crippen LogP contribution in [-0.2, 0) is 0 Å². The van der Waals surface area contributed by atoms with Crippen molar-refractivity contribution in [1.29, 1.82) is 0 Å². The van der Waals surface area contributed by atoms with E-state index in [2.05, 4.69) is 20.1 Å². The summed E-state index contributed by atoms with van der Waals surface area (Å²) in [5.41, 5.74) is 0.684. The molecule has 72 valence electrons. The van der Waals surface area contributed by atoms with Crippen LogP contribution in [0.3, 0.4) is 0 Å². The summed E-state index contributed by atoms with van der Waals surface area (Å²) in [6, 6.07) is 0. The molecule has 0 spiro atoms. The van der Waals surface area contributed by atoms with Crippen molar-refractivity contribution in [2.24, 2.45) is 0 Å². The summed E-state index contributed by atoms with van der Waals surface area (Å²) in [4.78, 5) is 11.8. The van der Waals surface area contributed by atoms with Crippen molar-refractivity contribution in [3.8, 4) is 11.5 Å². The predicted molar refractivity (Wildman–Crippen MR) is 49.6 cm³/mol. The number of nitrogens with zero attached hydrogens (tertiary/aromatic N) is 4. The third kappa shape index (κ3) is 1.72. The maximum Gasteiger partial charge on any atom is 0.261 e. The fourth-order valence-corrected chi connectivity index (χ4v) is 1.01. The summed E-state index contributed by atoms with van der Waals surface area (Å²) < 4.78 is 4.99. The molecule has 0 N–H and O–H groups in total. The normalized spacial score (nSPS) is 12.7. The average molecular weight is 211 g/mol. The van der Waals surface area contributed by atoms with Crippen molar-refractivity contribution >= 4 is 11.6 Å². The summed E-state index contributed by atoms with van der Waals surface area (Å²) >= 11 is 5.79. The van der Waals surface area contributed by atoms with Crippen LogP contribution >= 0.6 is 11.6 Å². The largest absolute Gasteiger partial charge is 0.334 e.